The molecule has 1 atom stereocenters. The van der Waals surface area contributed by atoms with Crippen molar-refractivity contribution < 1.29 is 9.84 Å². The van der Waals surface area contributed by atoms with Gasteiger partial charge in [-0.15, -0.1) is 0 Å². The first kappa shape index (κ1) is 16.0. The van der Waals surface area contributed by atoms with Crippen LogP contribution in [0.5, 0.6) is 5.75 Å². The minimum absolute atomic E-state index is 0.0343. The molecule has 3 nitrogen and oxygen atoms in total. The summed E-state index contributed by atoms with van der Waals surface area (Å²) < 4.78 is 6.20. The third kappa shape index (κ3) is 3.57. The van der Waals surface area contributed by atoms with Crippen molar-refractivity contribution in [1.82, 2.24) is 4.90 Å². The summed E-state index contributed by atoms with van der Waals surface area (Å²) in [5.74, 6) is 0.830. The Morgan fingerprint density at radius 3 is 2.39 bits per heavy atom. The van der Waals surface area contributed by atoms with Crippen molar-refractivity contribution in [2.75, 3.05) is 19.7 Å². The van der Waals surface area contributed by atoms with E-state index in [-0.39, 0.29) is 6.61 Å². The number of nitrogens with zero attached hydrogens (tertiary/aromatic N) is 1. The Balaban J connectivity index is 1.70. The molecule has 1 aliphatic heterocycles. The van der Waals surface area contributed by atoms with E-state index >= 15 is 0 Å². The summed E-state index contributed by atoms with van der Waals surface area (Å²) in [6, 6.07) is 18.7. The Morgan fingerprint density at radius 2 is 1.74 bits per heavy atom. The van der Waals surface area contributed by atoms with E-state index in [2.05, 4.69) is 48.2 Å². The number of hydrogen-bond acceptors (Lipinski definition) is 3. The van der Waals surface area contributed by atoms with Crippen LogP contribution in [0, 0.1) is 0 Å². The molecule has 122 valence electrons. The van der Waals surface area contributed by atoms with Gasteiger partial charge >= 0.3 is 0 Å². The van der Waals surface area contributed by atoms with Crippen molar-refractivity contribution >= 4 is 0 Å². The molecule has 0 bridgehead atoms. The van der Waals surface area contributed by atoms with E-state index in [9.17, 15) is 5.11 Å². The van der Waals surface area contributed by atoms with Gasteiger partial charge in [-0.05, 0) is 42.6 Å². The molecule has 1 N–H and O–H groups in total. The van der Waals surface area contributed by atoms with Crippen LogP contribution < -0.4 is 4.74 Å². The molecule has 2 aromatic carbocycles. The lowest BCUT2D eigenvalue weighted by Crippen LogP contribution is -2.51. The van der Waals surface area contributed by atoms with Gasteiger partial charge in [-0.25, -0.2) is 0 Å². The number of ether oxygens (including phenoxy) is 1. The molecule has 0 spiro atoms. The first-order valence-corrected chi connectivity index (χ1v) is 8.43. The van der Waals surface area contributed by atoms with Crippen LogP contribution in [0.3, 0.4) is 0 Å². The maximum Gasteiger partial charge on any atom is 0.186 e. The second-order valence-corrected chi connectivity index (χ2v) is 6.20. The number of likely N-dealkylation sites (N-methyl/N-ethyl adjacent to an activating group) is 1. The fourth-order valence-electron chi connectivity index (χ4n) is 3.41. The normalized spacial score (nSPS) is 21.5. The summed E-state index contributed by atoms with van der Waals surface area (Å²) in [5.41, 5.74) is 2.02. The molecule has 1 unspecified atom stereocenters. The number of benzene rings is 2. The molecule has 0 aromatic heterocycles. The highest BCUT2D eigenvalue weighted by Crippen LogP contribution is 2.32. The molecule has 1 heterocycles. The molecule has 23 heavy (non-hydrogen) atoms. The van der Waals surface area contributed by atoms with Gasteiger partial charge in [-0.3, -0.25) is 4.90 Å². The van der Waals surface area contributed by atoms with Gasteiger partial charge in [-0.1, -0.05) is 49.4 Å². The molecule has 1 aliphatic rings. The lowest BCUT2D eigenvalue weighted by molar-refractivity contribution is -0.0905. The van der Waals surface area contributed by atoms with Crippen molar-refractivity contribution in [2.45, 2.75) is 31.9 Å². The van der Waals surface area contributed by atoms with Crippen LogP contribution in [0.2, 0.25) is 0 Å². The van der Waals surface area contributed by atoms with Gasteiger partial charge in [0.15, 0.2) is 5.72 Å². The van der Waals surface area contributed by atoms with Crippen LogP contribution in [-0.4, -0.2) is 35.4 Å². The Kier molecular flexibility index (Phi) is 4.99. The molecule has 0 radical (unpaired) electrons. The molecule has 1 saturated heterocycles. The van der Waals surface area contributed by atoms with Crippen LogP contribution >= 0.6 is 0 Å². The lowest BCUT2D eigenvalue weighted by Gasteiger charge is -2.36. The van der Waals surface area contributed by atoms with Gasteiger partial charge < -0.3 is 9.84 Å². The Labute approximate surface area is 138 Å². The number of aliphatic hydroxyl groups is 1. The summed E-state index contributed by atoms with van der Waals surface area (Å²) in [6.45, 7) is 4.03. The van der Waals surface area contributed by atoms with E-state index in [4.69, 9.17) is 4.74 Å². The van der Waals surface area contributed by atoms with Crippen LogP contribution in [0.4, 0.5) is 0 Å². The predicted molar refractivity (Wildman–Crippen MR) is 92.6 cm³/mol. The zero-order valence-corrected chi connectivity index (χ0v) is 13.7. The summed E-state index contributed by atoms with van der Waals surface area (Å²) in [4.78, 5) is 2.23. The molecule has 0 saturated carbocycles. The van der Waals surface area contributed by atoms with Gasteiger partial charge in [0, 0.05) is 13.0 Å². The zero-order chi connectivity index (χ0) is 16.1. The fourth-order valence-corrected chi connectivity index (χ4v) is 3.41. The monoisotopic (exact) mass is 311 g/mol. The van der Waals surface area contributed by atoms with E-state index in [0.29, 0.717) is 0 Å². The van der Waals surface area contributed by atoms with Crippen molar-refractivity contribution in [3.05, 3.63) is 65.7 Å². The highest BCUT2D eigenvalue weighted by Gasteiger charge is 2.41. The third-order valence-corrected chi connectivity index (χ3v) is 4.68. The van der Waals surface area contributed by atoms with Crippen LogP contribution in [0.25, 0.3) is 0 Å². The average Bonchev–Trinajstić information content (AvgIpc) is 3.01. The van der Waals surface area contributed by atoms with Crippen molar-refractivity contribution in [2.24, 2.45) is 0 Å². The van der Waals surface area contributed by atoms with Gasteiger partial charge in [0.05, 0.1) is 6.61 Å². The van der Waals surface area contributed by atoms with E-state index in [1.807, 2.05) is 18.2 Å². The summed E-state index contributed by atoms with van der Waals surface area (Å²) in [5, 5.41) is 9.86. The van der Waals surface area contributed by atoms with Gasteiger partial charge in [0.25, 0.3) is 0 Å². The van der Waals surface area contributed by atoms with Crippen molar-refractivity contribution in [1.29, 1.82) is 0 Å². The highest BCUT2D eigenvalue weighted by molar-refractivity contribution is 5.32. The van der Waals surface area contributed by atoms with E-state index in [1.54, 1.807) is 0 Å². The molecular formula is C20H25NO2. The van der Waals surface area contributed by atoms with E-state index in [0.717, 1.165) is 38.1 Å². The maximum absolute atomic E-state index is 9.86. The molecule has 3 rings (SSSR count). The van der Waals surface area contributed by atoms with E-state index in [1.165, 1.54) is 11.1 Å². The average molecular weight is 311 g/mol. The Hall–Kier alpha value is -1.84. The quantitative estimate of drug-likeness (QED) is 0.887. The third-order valence-electron chi connectivity index (χ3n) is 4.68. The standard InChI is InChI=1S/C20H25NO2/c1-2-21-14-6-13-20(21,16-22)23-19-11-9-18(10-12-19)15-17-7-4-3-5-8-17/h3-5,7-12,22H,2,6,13-16H2,1H3. The second-order valence-electron chi connectivity index (χ2n) is 6.20. The van der Waals surface area contributed by atoms with Gasteiger partial charge in [-0.2, -0.15) is 0 Å². The highest BCUT2D eigenvalue weighted by atomic mass is 16.5. The minimum Gasteiger partial charge on any atom is -0.470 e. The Bertz CT molecular complexity index is 611. The first-order valence-electron chi connectivity index (χ1n) is 8.43. The van der Waals surface area contributed by atoms with Crippen LogP contribution in [0.15, 0.2) is 54.6 Å². The minimum atomic E-state index is -0.546. The topological polar surface area (TPSA) is 32.7 Å². The molecule has 1 fully saturated rings. The summed E-state index contributed by atoms with van der Waals surface area (Å²) in [6.07, 6.45) is 2.87. The summed E-state index contributed by atoms with van der Waals surface area (Å²) in [7, 11) is 0. The van der Waals surface area contributed by atoms with E-state index < -0.39 is 5.72 Å². The van der Waals surface area contributed by atoms with Gasteiger partial charge in [0.2, 0.25) is 0 Å². The predicted octanol–water partition coefficient (Wildman–Crippen LogP) is 3.46. The maximum atomic E-state index is 9.86. The second kappa shape index (κ2) is 7.16. The van der Waals surface area contributed by atoms with Crippen molar-refractivity contribution in [3.63, 3.8) is 0 Å². The Morgan fingerprint density at radius 1 is 1.04 bits per heavy atom. The largest absolute Gasteiger partial charge is 0.470 e. The molecule has 0 aliphatic carbocycles. The number of aliphatic hydroxyl groups excluding tert-OH is 1. The summed E-state index contributed by atoms with van der Waals surface area (Å²) >= 11 is 0. The van der Waals surface area contributed by atoms with Gasteiger partial charge in [0.1, 0.15) is 5.75 Å². The SMILES string of the molecule is CCN1CCCC1(CO)Oc1ccc(Cc2ccccc2)cc1. The first-order chi connectivity index (χ1) is 11.3. The number of hydrogen-bond donors (Lipinski definition) is 1. The molecule has 3 heteroatoms. The van der Waals surface area contributed by atoms with Crippen LogP contribution in [-0.2, 0) is 6.42 Å². The fraction of sp³-hybridized carbons (Fsp3) is 0.400. The molecular weight excluding hydrogens is 286 g/mol. The molecule has 2 aromatic rings. The zero-order valence-electron chi connectivity index (χ0n) is 13.7. The number of likely N-dealkylation sites (tertiary alicyclic amines) is 1. The van der Waals surface area contributed by atoms with Crippen molar-refractivity contribution in [3.8, 4) is 5.75 Å². The van der Waals surface area contributed by atoms with Crippen LogP contribution in [0.1, 0.15) is 30.9 Å². The number of rotatable bonds is 6. The smallest absolute Gasteiger partial charge is 0.186 e. The molecule has 0 amide bonds. The lowest BCUT2D eigenvalue weighted by atomic mass is 10.1.